The number of aldehydes is 1. The van der Waals surface area contributed by atoms with Crippen molar-refractivity contribution in [1.82, 2.24) is 14.9 Å². The minimum atomic E-state index is -1.28. The summed E-state index contributed by atoms with van der Waals surface area (Å²) in [6, 6.07) is 9.96. The van der Waals surface area contributed by atoms with Crippen molar-refractivity contribution in [1.29, 1.82) is 0 Å². The molecule has 7 heteroatoms. The minimum Gasteiger partial charge on any atom is -0.496 e. The maximum Gasteiger partial charge on any atom is 0.192 e. The van der Waals surface area contributed by atoms with Crippen LogP contribution in [0.15, 0.2) is 54.0 Å². The van der Waals surface area contributed by atoms with Gasteiger partial charge in [0.1, 0.15) is 12.1 Å². The Labute approximate surface area is 188 Å². The van der Waals surface area contributed by atoms with Crippen molar-refractivity contribution in [3.05, 3.63) is 76.9 Å². The standard InChI is InChI=1S/C25H27N5O2/c1-16-20-8-7-17-5-6-18(19-12-27-15-28-13-19)11-22(17)25(14-31,29-24(26)30(2)3)21(20)9-10-23(16)32-4/h5-6,9-15H,7-8H2,1-4H3,(H2,26,29)/t25-/m0/s1. The van der Waals surface area contributed by atoms with Crippen LogP contribution in [0.25, 0.3) is 11.1 Å². The van der Waals surface area contributed by atoms with Gasteiger partial charge in [-0.1, -0.05) is 18.2 Å². The van der Waals surface area contributed by atoms with E-state index in [0.717, 1.165) is 63.8 Å². The Morgan fingerprint density at radius 1 is 1.12 bits per heavy atom. The number of aryl methyl sites for hydroxylation is 1. The summed E-state index contributed by atoms with van der Waals surface area (Å²) in [5.74, 6) is 1.07. The number of nitrogens with zero attached hydrogens (tertiary/aromatic N) is 4. The van der Waals surface area contributed by atoms with Gasteiger partial charge in [-0.15, -0.1) is 0 Å². The Kier molecular flexibility index (Phi) is 5.65. The van der Waals surface area contributed by atoms with E-state index in [1.807, 2.05) is 45.3 Å². The second kappa shape index (κ2) is 8.42. The van der Waals surface area contributed by atoms with Crippen molar-refractivity contribution >= 4 is 12.2 Å². The zero-order chi connectivity index (χ0) is 22.9. The number of carbonyl (C=O) groups is 1. The van der Waals surface area contributed by atoms with Gasteiger partial charge < -0.3 is 15.4 Å². The maximum atomic E-state index is 13.0. The number of ether oxygens (including phenoxy) is 1. The largest absolute Gasteiger partial charge is 0.496 e. The molecule has 2 N–H and O–H groups in total. The van der Waals surface area contributed by atoms with Gasteiger partial charge in [-0.05, 0) is 65.3 Å². The van der Waals surface area contributed by atoms with Crippen molar-refractivity contribution < 1.29 is 9.53 Å². The summed E-state index contributed by atoms with van der Waals surface area (Å²) in [5.41, 5.74) is 11.6. The van der Waals surface area contributed by atoms with E-state index < -0.39 is 5.54 Å². The molecule has 1 aromatic heterocycles. The van der Waals surface area contributed by atoms with Crippen molar-refractivity contribution in [3.63, 3.8) is 0 Å². The molecule has 1 atom stereocenters. The van der Waals surface area contributed by atoms with Crippen LogP contribution in [0.4, 0.5) is 0 Å². The highest BCUT2D eigenvalue weighted by atomic mass is 16.5. The van der Waals surface area contributed by atoms with Crippen LogP contribution >= 0.6 is 0 Å². The predicted molar refractivity (Wildman–Crippen MR) is 125 cm³/mol. The Morgan fingerprint density at radius 2 is 1.88 bits per heavy atom. The minimum absolute atomic E-state index is 0.276. The highest BCUT2D eigenvalue weighted by Crippen LogP contribution is 2.43. The molecule has 1 heterocycles. The van der Waals surface area contributed by atoms with Gasteiger partial charge >= 0.3 is 0 Å². The normalized spacial score (nSPS) is 17.7. The van der Waals surface area contributed by atoms with E-state index in [1.165, 1.54) is 6.33 Å². The van der Waals surface area contributed by atoms with Crippen molar-refractivity contribution in [2.45, 2.75) is 25.3 Å². The Hall–Kier alpha value is -3.74. The van der Waals surface area contributed by atoms with Gasteiger partial charge in [0.25, 0.3) is 0 Å². The number of hydrogen-bond donors (Lipinski definition) is 1. The van der Waals surface area contributed by atoms with E-state index in [2.05, 4.69) is 16.0 Å². The molecule has 4 rings (SSSR count). The van der Waals surface area contributed by atoms with Crippen LogP contribution in [0.5, 0.6) is 5.75 Å². The molecule has 0 bridgehead atoms. The molecule has 0 saturated heterocycles. The monoisotopic (exact) mass is 429 g/mol. The summed E-state index contributed by atoms with van der Waals surface area (Å²) < 4.78 is 5.56. The first-order valence-electron chi connectivity index (χ1n) is 10.5. The summed E-state index contributed by atoms with van der Waals surface area (Å²) in [7, 11) is 5.28. The third-order valence-corrected chi connectivity index (χ3v) is 6.16. The zero-order valence-corrected chi connectivity index (χ0v) is 18.8. The second-order valence-corrected chi connectivity index (χ2v) is 8.17. The van der Waals surface area contributed by atoms with E-state index in [1.54, 1.807) is 24.4 Å². The lowest BCUT2D eigenvalue weighted by molar-refractivity contribution is -0.111. The summed E-state index contributed by atoms with van der Waals surface area (Å²) >= 11 is 0. The molecule has 164 valence electrons. The highest BCUT2D eigenvalue weighted by Gasteiger charge is 2.41. The molecular formula is C25H27N5O2. The van der Waals surface area contributed by atoms with Crippen LogP contribution in [-0.4, -0.2) is 48.3 Å². The number of methoxy groups -OCH3 is 1. The number of aliphatic imine (C=N–C) groups is 1. The SMILES string of the molecule is COc1ccc2c(c1C)CCc1ccc(-c3cncnc3)cc1[C@@]2(C=O)N=C(N)N(C)C. The van der Waals surface area contributed by atoms with Gasteiger partial charge in [0.05, 0.1) is 7.11 Å². The first-order chi connectivity index (χ1) is 15.4. The van der Waals surface area contributed by atoms with Gasteiger partial charge in [0.15, 0.2) is 17.8 Å². The molecule has 0 unspecified atom stereocenters. The van der Waals surface area contributed by atoms with Crippen LogP contribution in [0.1, 0.15) is 27.8 Å². The van der Waals surface area contributed by atoms with Crippen molar-refractivity contribution in [3.8, 4) is 16.9 Å². The molecule has 0 spiro atoms. The molecule has 0 fully saturated rings. The molecule has 7 nitrogen and oxygen atoms in total. The first-order valence-corrected chi connectivity index (χ1v) is 10.5. The van der Waals surface area contributed by atoms with E-state index in [4.69, 9.17) is 15.5 Å². The number of rotatable bonds is 4. The van der Waals surface area contributed by atoms with Crippen LogP contribution in [-0.2, 0) is 23.2 Å². The molecule has 0 radical (unpaired) electrons. The lowest BCUT2D eigenvalue weighted by atomic mass is 9.80. The van der Waals surface area contributed by atoms with Gasteiger partial charge in [-0.25, -0.2) is 15.0 Å². The summed E-state index contributed by atoms with van der Waals surface area (Å²) in [4.78, 5) is 27.8. The lowest BCUT2D eigenvalue weighted by Gasteiger charge is -2.30. The number of carbonyl (C=O) groups excluding carboxylic acids is 1. The van der Waals surface area contributed by atoms with Gasteiger partial charge in [0.2, 0.25) is 0 Å². The number of guanidine groups is 1. The molecule has 0 amide bonds. The highest BCUT2D eigenvalue weighted by molar-refractivity contribution is 5.86. The van der Waals surface area contributed by atoms with E-state index in [-0.39, 0.29) is 5.96 Å². The summed E-state index contributed by atoms with van der Waals surface area (Å²) in [5, 5.41) is 0. The van der Waals surface area contributed by atoms with Crippen LogP contribution < -0.4 is 10.5 Å². The van der Waals surface area contributed by atoms with Crippen LogP contribution in [0.2, 0.25) is 0 Å². The maximum absolute atomic E-state index is 13.0. The fourth-order valence-corrected chi connectivity index (χ4v) is 4.37. The average molecular weight is 430 g/mol. The number of fused-ring (bicyclic) bond motifs is 2. The number of hydrogen-bond acceptors (Lipinski definition) is 5. The van der Waals surface area contributed by atoms with Crippen molar-refractivity contribution in [2.75, 3.05) is 21.2 Å². The average Bonchev–Trinajstić information content (AvgIpc) is 2.95. The molecule has 3 aromatic rings. The van der Waals surface area contributed by atoms with Gasteiger partial charge in [0, 0.05) is 32.1 Å². The van der Waals surface area contributed by atoms with Crippen LogP contribution in [0.3, 0.4) is 0 Å². The zero-order valence-electron chi connectivity index (χ0n) is 18.8. The molecule has 1 aliphatic carbocycles. The van der Waals surface area contributed by atoms with Gasteiger partial charge in [-0.3, -0.25) is 4.79 Å². The van der Waals surface area contributed by atoms with E-state index >= 15 is 0 Å². The first kappa shape index (κ1) is 21.5. The quantitative estimate of drug-likeness (QED) is 0.389. The lowest BCUT2D eigenvalue weighted by Crippen LogP contribution is -2.37. The third kappa shape index (κ3) is 3.49. The third-order valence-electron chi connectivity index (χ3n) is 6.16. The Morgan fingerprint density at radius 3 is 2.53 bits per heavy atom. The molecule has 32 heavy (non-hydrogen) atoms. The van der Waals surface area contributed by atoms with E-state index in [9.17, 15) is 4.79 Å². The topological polar surface area (TPSA) is 93.7 Å². The number of benzene rings is 2. The predicted octanol–water partition coefficient (Wildman–Crippen LogP) is 2.88. The summed E-state index contributed by atoms with van der Waals surface area (Å²) in [6.07, 6.45) is 7.46. The number of aromatic nitrogens is 2. The van der Waals surface area contributed by atoms with Gasteiger partial charge in [-0.2, -0.15) is 0 Å². The molecule has 2 aromatic carbocycles. The smallest absolute Gasteiger partial charge is 0.192 e. The molecule has 1 aliphatic rings. The Bertz CT molecular complexity index is 1190. The van der Waals surface area contributed by atoms with Crippen LogP contribution in [0, 0.1) is 6.92 Å². The molecule has 0 saturated carbocycles. The fraction of sp³-hybridized carbons (Fsp3) is 0.280. The number of nitrogens with two attached hydrogens (primary N) is 1. The molecule has 0 aliphatic heterocycles. The summed E-state index contributed by atoms with van der Waals surface area (Å²) in [6.45, 7) is 2.02. The fourth-order valence-electron chi connectivity index (χ4n) is 4.37. The Balaban J connectivity index is 2.06. The second-order valence-electron chi connectivity index (χ2n) is 8.17. The van der Waals surface area contributed by atoms with Crippen molar-refractivity contribution in [2.24, 2.45) is 10.7 Å². The van der Waals surface area contributed by atoms with E-state index in [0.29, 0.717) is 0 Å². The molecular weight excluding hydrogens is 402 g/mol.